The minimum atomic E-state index is 0.256. The Labute approximate surface area is 103 Å². The van der Waals surface area contributed by atoms with Crippen LogP contribution in [-0.2, 0) is 0 Å². The van der Waals surface area contributed by atoms with E-state index in [0.717, 1.165) is 36.2 Å². The van der Waals surface area contributed by atoms with Crippen LogP contribution in [0.3, 0.4) is 0 Å². The van der Waals surface area contributed by atoms with Crippen molar-refractivity contribution in [2.75, 3.05) is 18.0 Å². The van der Waals surface area contributed by atoms with E-state index in [1.54, 1.807) is 0 Å². The molecule has 1 aromatic rings. The van der Waals surface area contributed by atoms with Gasteiger partial charge in [-0.3, -0.25) is 5.41 Å². The highest BCUT2D eigenvalue weighted by Crippen LogP contribution is 2.22. The molecule has 5 heteroatoms. The SMILES string of the molecule is N=C(N)C1CCN(c2ccc(Br)cn2)CC1. The van der Waals surface area contributed by atoms with Crippen LogP contribution in [0.2, 0.25) is 0 Å². The second kappa shape index (κ2) is 4.82. The lowest BCUT2D eigenvalue weighted by Gasteiger charge is -2.32. The van der Waals surface area contributed by atoms with Crippen LogP contribution in [0.4, 0.5) is 5.82 Å². The van der Waals surface area contributed by atoms with Crippen molar-refractivity contribution in [2.24, 2.45) is 11.7 Å². The van der Waals surface area contributed by atoms with Crippen LogP contribution in [0.1, 0.15) is 12.8 Å². The smallest absolute Gasteiger partial charge is 0.128 e. The molecule has 0 amide bonds. The molecule has 0 unspecified atom stereocenters. The number of anilines is 1. The van der Waals surface area contributed by atoms with Gasteiger partial charge in [0.05, 0.1) is 5.84 Å². The summed E-state index contributed by atoms with van der Waals surface area (Å²) in [4.78, 5) is 6.61. The van der Waals surface area contributed by atoms with Gasteiger partial charge in [0.15, 0.2) is 0 Å². The number of aromatic nitrogens is 1. The molecule has 86 valence electrons. The number of amidine groups is 1. The van der Waals surface area contributed by atoms with Gasteiger partial charge >= 0.3 is 0 Å². The Morgan fingerprint density at radius 2 is 2.12 bits per heavy atom. The van der Waals surface area contributed by atoms with Gasteiger partial charge in [0.1, 0.15) is 5.82 Å². The van der Waals surface area contributed by atoms with E-state index in [2.05, 4.69) is 25.8 Å². The second-order valence-electron chi connectivity index (χ2n) is 4.05. The van der Waals surface area contributed by atoms with Crippen LogP contribution >= 0.6 is 15.9 Å². The fourth-order valence-electron chi connectivity index (χ4n) is 1.97. The maximum absolute atomic E-state index is 7.42. The van der Waals surface area contributed by atoms with E-state index < -0.39 is 0 Å². The molecule has 0 radical (unpaired) electrons. The van der Waals surface area contributed by atoms with Gasteiger partial charge < -0.3 is 10.6 Å². The first kappa shape index (κ1) is 11.4. The first-order chi connectivity index (χ1) is 7.66. The Bertz CT molecular complexity index is 368. The number of hydrogen-bond acceptors (Lipinski definition) is 3. The van der Waals surface area contributed by atoms with Crippen molar-refractivity contribution in [1.29, 1.82) is 5.41 Å². The molecule has 4 nitrogen and oxygen atoms in total. The topological polar surface area (TPSA) is 66.0 Å². The summed E-state index contributed by atoms with van der Waals surface area (Å²) < 4.78 is 0.995. The fourth-order valence-corrected chi connectivity index (χ4v) is 2.21. The minimum absolute atomic E-state index is 0.256. The first-order valence-electron chi connectivity index (χ1n) is 5.37. The summed E-state index contributed by atoms with van der Waals surface area (Å²) in [5, 5.41) is 7.42. The average molecular weight is 283 g/mol. The van der Waals surface area contributed by atoms with Crippen molar-refractivity contribution in [1.82, 2.24) is 4.98 Å². The molecule has 0 atom stereocenters. The highest BCUT2D eigenvalue weighted by Gasteiger charge is 2.21. The van der Waals surface area contributed by atoms with Gasteiger partial charge in [-0.1, -0.05) is 0 Å². The van der Waals surface area contributed by atoms with Gasteiger partial charge in [-0.05, 0) is 40.9 Å². The Morgan fingerprint density at radius 3 is 2.62 bits per heavy atom. The van der Waals surface area contributed by atoms with Gasteiger partial charge in [-0.25, -0.2) is 4.98 Å². The van der Waals surface area contributed by atoms with Crippen LogP contribution in [-0.4, -0.2) is 23.9 Å². The van der Waals surface area contributed by atoms with Gasteiger partial charge in [-0.15, -0.1) is 0 Å². The number of nitrogens with one attached hydrogen (secondary N) is 1. The lowest BCUT2D eigenvalue weighted by molar-refractivity contribution is 0.495. The van der Waals surface area contributed by atoms with Crippen LogP contribution in [0, 0.1) is 11.3 Å². The number of nitrogens with two attached hydrogens (primary N) is 1. The third kappa shape index (κ3) is 2.52. The van der Waals surface area contributed by atoms with Crippen molar-refractivity contribution in [3.05, 3.63) is 22.8 Å². The zero-order chi connectivity index (χ0) is 11.5. The van der Waals surface area contributed by atoms with Crippen molar-refractivity contribution in [2.45, 2.75) is 12.8 Å². The Kier molecular flexibility index (Phi) is 3.43. The van der Waals surface area contributed by atoms with Gasteiger partial charge in [0.25, 0.3) is 0 Å². The number of rotatable bonds is 2. The molecule has 1 fully saturated rings. The summed E-state index contributed by atoms with van der Waals surface area (Å²) in [5.74, 6) is 1.58. The second-order valence-corrected chi connectivity index (χ2v) is 4.97. The predicted molar refractivity (Wildman–Crippen MR) is 68.8 cm³/mol. The number of piperidine rings is 1. The summed E-state index contributed by atoms with van der Waals surface area (Å²) in [6.45, 7) is 1.86. The van der Waals surface area contributed by atoms with Crippen LogP contribution in [0.5, 0.6) is 0 Å². The largest absolute Gasteiger partial charge is 0.387 e. The molecule has 0 aromatic carbocycles. The quantitative estimate of drug-likeness (QED) is 0.644. The third-order valence-corrected chi connectivity index (χ3v) is 3.44. The van der Waals surface area contributed by atoms with Crippen LogP contribution in [0.15, 0.2) is 22.8 Å². The van der Waals surface area contributed by atoms with E-state index in [-0.39, 0.29) is 5.92 Å². The molecule has 16 heavy (non-hydrogen) atoms. The van der Waals surface area contributed by atoms with E-state index in [9.17, 15) is 0 Å². The molecule has 0 bridgehead atoms. The fraction of sp³-hybridized carbons (Fsp3) is 0.455. The van der Waals surface area contributed by atoms with E-state index in [0.29, 0.717) is 5.84 Å². The molecular weight excluding hydrogens is 268 g/mol. The third-order valence-electron chi connectivity index (χ3n) is 2.97. The molecule has 2 heterocycles. The standard InChI is InChI=1S/C11H15BrN4/c12-9-1-2-10(15-7-9)16-5-3-8(4-6-16)11(13)14/h1-2,7-8H,3-6H2,(H3,13,14). The highest BCUT2D eigenvalue weighted by molar-refractivity contribution is 9.10. The predicted octanol–water partition coefficient (Wildman–Crippen LogP) is 2.00. The zero-order valence-corrected chi connectivity index (χ0v) is 10.6. The first-order valence-corrected chi connectivity index (χ1v) is 6.16. The summed E-state index contributed by atoms with van der Waals surface area (Å²) in [5.41, 5.74) is 5.51. The van der Waals surface area contributed by atoms with Crippen molar-refractivity contribution < 1.29 is 0 Å². The summed E-state index contributed by atoms with van der Waals surface area (Å²) in [6, 6.07) is 4.01. The lowest BCUT2D eigenvalue weighted by Crippen LogP contribution is -2.38. The zero-order valence-electron chi connectivity index (χ0n) is 8.99. The Hall–Kier alpha value is -1.10. The number of nitrogens with zero attached hydrogens (tertiary/aromatic N) is 2. The summed E-state index contributed by atoms with van der Waals surface area (Å²) in [7, 11) is 0. The normalized spacial score (nSPS) is 17.4. The van der Waals surface area contributed by atoms with Crippen molar-refractivity contribution in [3.8, 4) is 0 Å². The molecule has 0 aliphatic carbocycles. The van der Waals surface area contributed by atoms with Gasteiger partial charge in [-0.2, -0.15) is 0 Å². The maximum Gasteiger partial charge on any atom is 0.128 e. The number of halogens is 1. The van der Waals surface area contributed by atoms with Gasteiger partial charge in [0, 0.05) is 29.7 Å². The highest BCUT2D eigenvalue weighted by atomic mass is 79.9. The van der Waals surface area contributed by atoms with Crippen LogP contribution < -0.4 is 10.6 Å². The van der Waals surface area contributed by atoms with Gasteiger partial charge in [0.2, 0.25) is 0 Å². The molecule has 3 N–H and O–H groups in total. The molecule has 1 aliphatic heterocycles. The summed E-state index contributed by atoms with van der Waals surface area (Å²) >= 11 is 3.37. The molecule has 1 aliphatic rings. The molecule has 1 saturated heterocycles. The maximum atomic E-state index is 7.42. The average Bonchev–Trinajstić information content (AvgIpc) is 2.30. The molecule has 1 aromatic heterocycles. The molecule has 2 rings (SSSR count). The monoisotopic (exact) mass is 282 g/mol. The lowest BCUT2D eigenvalue weighted by atomic mass is 9.96. The Balaban J connectivity index is 1.99. The molecule has 0 spiro atoms. The Morgan fingerprint density at radius 1 is 1.44 bits per heavy atom. The van der Waals surface area contributed by atoms with Crippen LogP contribution in [0.25, 0.3) is 0 Å². The van der Waals surface area contributed by atoms with E-state index >= 15 is 0 Å². The van der Waals surface area contributed by atoms with Crippen molar-refractivity contribution >= 4 is 27.6 Å². The summed E-state index contributed by atoms with van der Waals surface area (Å²) in [6.07, 6.45) is 3.71. The molecule has 0 saturated carbocycles. The van der Waals surface area contributed by atoms with E-state index in [4.69, 9.17) is 11.1 Å². The van der Waals surface area contributed by atoms with E-state index in [1.807, 2.05) is 18.3 Å². The minimum Gasteiger partial charge on any atom is -0.387 e. The number of hydrogen-bond donors (Lipinski definition) is 2. The molecular formula is C11H15BrN4. The van der Waals surface area contributed by atoms with Crippen molar-refractivity contribution in [3.63, 3.8) is 0 Å². The van der Waals surface area contributed by atoms with E-state index in [1.165, 1.54) is 0 Å². The number of pyridine rings is 1.